The molecule has 0 atom stereocenters. The molecule has 0 fully saturated rings. The molecule has 0 spiro atoms. The van der Waals surface area contributed by atoms with Crippen LogP contribution in [0.4, 0.5) is 23.2 Å². The van der Waals surface area contributed by atoms with Crippen LogP contribution in [-0.4, -0.2) is 0 Å². The first-order chi connectivity index (χ1) is 9.77. The summed E-state index contributed by atoms with van der Waals surface area (Å²) >= 11 is 9.27. The maximum atomic E-state index is 13.2. The van der Waals surface area contributed by atoms with E-state index in [2.05, 4.69) is 21.2 Å². The lowest BCUT2D eigenvalue weighted by atomic mass is 10.1. The molecule has 0 saturated heterocycles. The molecule has 0 aliphatic rings. The molecule has 7 heteroatoms. The molecule has 1 nitrogen and oxygen atoms in total. The average Bonchev–Trinajstić information content (AvgIpc) is 2.38. The van der Waals surface area contributed by atoms with Gasteiger partial charge in [-0.05, 0) is 35.9 Å². The first-order valence-corrected chi connectivity index (χ1v) is 6.99. The Bertz CT molecular complexity index is 658. The predicted octanol–water partition coefficient (Wildman–Crippen LogP) is 5.87. The quantitative estimate of drug-likeness (QED) is 0.654. The van der Waals surface area contributed by atoms with E-state index in [4.69, 9.17) is 11.6 Å². The zero-order valence-electron chi connectivity index (χ0n) is 10.4. The molecule has 1 N–H and O–H groups in total. The Morgan fingerprint density at radius 1 is 1.10 bits per heavy atom. The van der Waals surface area contributed by atoms with E-state index in [9.17, 15) is 17.6 Å². The van der Waals surface area contributed by atoms with Crippen molar-refractivity contribution in [1.29, 1.82) is 0 Å². The van der Waals surface area contributed by atoms with E-state index in [-0.39, 0.29) is 12.2 Å². The van der Waals surface area contributed by atoms with Crippen molar-refractivity contribution in [2.24, 2.45) is 0 Å². The fraction of sp³-hybridized carbons (Fsp3) is 0.143. The Kier molecular flexibility index (Phi) is 4.78. The fourth-order valence-electron chi connectivity index (χ4n) is 1.71. The normalized spacial score (nSPS) is 11.5. The maximum Gasteiger partial charge on any atom is 0.419 e. The largest absolute Gasteiger partial charge is 0.419 e. The van der Waals surface area contributed by atoms with E-state index in [0.717, 1.165) is 22.2 Å². The second-order valence-electron chi connectivity index (χ2n) is 4.28. The fourth-order valence-corrected chi connectivity index (χ4v) is 2.46. The molecule has 0 aromatic heterocycles. The molecule has 2 aromatic carbocycles. The highest BCUT2D eigenvalue weighted by atomic mass is 79.9. The van der Waals surface area contributed by atoms with Crippen LogP contribution in [-0.2, 0) is 12.7 Å². The van der Waals surface area contributed by atoms with Gasteiger partial charge < -0.3 is 5.32 Å². The molecule has 21 heavy (non-hydrogen) atoms. The molecule has 0 unspecified atom stereocenters. The Balaban J connectivity index is 2.17. The number of alkyl halides is 3. The second-order valence-corrected chi connectivity index (χ2v) is 5.60. The van der Waals surface area contributed by atoms with Crippen LogP contribution in [0.2, 0.25) is 5.02 Å². The highest BCUT2D eigenvalue weighted by molar-refractivity contribution is 9.10. The molecule has 0 saturated carbocycles. The summed E-state index contributed by atoms with van der Waals surface area (Å²) in [6.07, 6.45) is -4.73. The van der Waals surface area contributed by atoms with Gasteiger partial charge in [0.05, 0.1) is 5.56 Å². The molecule has 0 amide bonds. The number of halogens is 6. The zero-order valence-corrected chi connectivity index (χ0v) is 12.8. The summed E-state index contributed by atoms with van der Waals surface area (Å²) in [5.41, 5.74) is -0.408. The summed E-state index contributed by atoms with van der Waals surface area (Å²) < 4.78 is 51.8. The number of rotatable bonds is 3. The van der Waals surface area contributed by atoms with Crippen LogP contribution in [0.1, 0.15) is 11.1 Å². The molecular weight excluding hydrogens is 374 g/mol. The monoisotopic (exact) mass is 381 g/mol. The molecule has 0 aliphatic carbocycles. The van der Waals surface area contributed by atoms with E-state index in [0.29, 0.717) is 5.02 Å². The van der Waals surface area contributed by atoms with Crippen molar-refractivity contribution in [3.05, 3.63) is 62.8 Å². The van der Waals surface area contributed by atoms with Gasteiger partial charge in [-0.3, -0.25) is 0 Å². The lowest BCUT2D eigenvalue weighted by molar-refractivity contribution is -0.139. The minimum Gasteiger partial charge on any atom is -0.381 e. The van der Waals surface area contributed by atoms with Crippen molar-refractivity contribution >= 4 is 33.2 Å². The van der Waals surface area contributed by atoms with Gasteiger partial charge in [-0.2, -0.15) is 13.2 Å². The van der Waals surface area contributed by atoms with Crippen LogP contribution < -0.4 is 5.32 Å². The van der Waals surface area contributed by atoms with Crippen molar-refractivity contribution < 1.29 is 17.6 Å². The summed E-state index contributed by atoms with van der Waals surface area (Å²) in [7, 11) is 0. The van der Waals surface area contributed by atoms with Crippen LogP contribution >= 0.6 is 27.5 Å². The molecule has 0 radical (unpaired) electrons. The Morgan fingerprint density at radius 2 is 1.81 bits per heavy atom. The summed E-state index contributed by atoms with van der Waals surface area (Å²) in [6, 6.07) is 7.97. The van der Waals surface area contributed by atoms with Gasteiger partial charge in [0.1, 0.15) is 5.82 Å². The van der Waals surface area contributed by atoms with Crippen molar-refractivity contribution in [2.45, 2.75) is 12.7 Å². The van der Waals surface area contributed by atoms with E-state index >= 15 is 0 Å². The van der Waals surface area contributed by atoms with Crippen molar-refractivity contribution in [1.82, 2.24) is 0 Å². The molecule has 112 valence electrons. The number of hydrogen-bond donors (Lipinski definition) is 1. The summed E-state index contributed by atoms with van der Waals surface area (Å²) in [6.45, 7) is 0.231. The van der Waals surface area contributed by atoms with Gasteiger partial charge in [0, 0.05) is 21.7 Å². The lowest BCUT2D eigenvalue weighted by Crippen LogP contribution is -2.09. The summed E-state index contributed by atoms with van der Waals surface area (Å²) in [5.74, 6) is -1.30. The van der Waals surface area contributed by atoms with Crippen LogP contribution in [0.3, 0.4) is 0 Å². The zero-order chi connectivity index (χ0) is 15.6. The first kappa shape index (κ1) is 16.1. The highest BCUT2D eigenvalue weighted by Crippen LogP contribution is 2.33. The van der Waals surface area contributed by atoms with Gasteiger partial charge in [-0.25, -0.2) is 4.39 Å². The minimum absolute atomic E-state index is 0.169. The molecule has 2 rings (SSSR count). The third-order valence-electron chi connectivity index (χ3n) is 2.77. The SMILES string of the molecule is Fc1ccc(NCc2ccc(Br)cc2Cl)cc1C(F)(F)F. The predicted molar refractivity (Wildman–Crippen MR) is 77.9 cm³/mol. The molecule has 2 aromatic rings. The average molecular weight is 383 g/mol. The Labute approximate surface area is 132 Å². The first-order valence-electron chi connectivity index (χ1n) is 5.82. The minimum atomic E-state index is -4.73. The van der Waals surface area contributed by atoms with E-state index in [1.54, 1.807) is 18.2 Å². The van der Waals surface area contributed by atoms with Gasteiger partial charge in [-0.1, -0.05) is 33.6 Å². The smallest absolute Gasteiger partial charge is 0.381 e. The summed E-state index contributed by atoms with van der Waals surface area (Å²) in [4.78, 5) is 0. The molecular formula is C14H9BrClF4N. The Morgan fingerprint density at radius 3 is 2.43 bits per heavy atom. The molecule has 0 heterocycles. The van der Waals surface area contributed by atoms with E-state index in [1.165, 1.54) is 6.07 Å². The number of anilines is 1. The van der Waals surface area contributed by atoms with Gasteiger partial charge in [0.2, 0.25) is 0 Å². The number of hydrogen-bond acceptors (Lipinski definition) is 1. The van der Waals surface area contributed by atoms with E-state index in [1.807, 2.05) is 0 Å². The topological polar surface area (TPSA) is 12.0 Å². The van der Waals surface area contributed by atoms with Crippen LogP contribution in [0.5, 0.6) is 0 Å². The van der Waals surface area contributed by atoms with Gasteiger partial charge >= 0.3 is 6.18 Å². The van der Waals surface area contributed by atoms with Gasteiger partial charge in [0.25, 0.3) is 0 Å². The molecule has 0 aliphatic heterocycles. The highest BCUT2D eigenvalue weighted by Gasteiger charge is 2.34. The van der Waals surface area contributed by atoms with Crippen molar-refractivity contribution in [3.63, 3.8) is 0 Å². The maximum absolute atomic E-state index is 13.2. The number of nitrogens with one attached hydrogen (secondary N) is 1. The third-order valence-corrected chi connectivity index (χ3v) is 3.61. The van der Waals surface area contributed by atoms with Crippen LogP contribution in [0.15, 0.2) is 40.9 Å². The van der Waals surface area contributed by atoms with Crippen molar-refractivity contribution in [3.8, 4) is 0 Å². The van der Waals surface area contributed by atoms with E-state index < -0.39 is 17.6 Å². The van der Waals surface area contributed by atoms with Gasteiger partial charge in [0.15, 0.2) is 0 Å². The molecule has 0 bridgehead atoms. The standard InChI is InChI=1S/C14H9BrClF4N/c15-9-2-1-8(12(16)5-9)7-21-10-3-4-13(17)11(6-10)14(18,19)20/h1-6,21H,7H2. The lowest BCUT2D eigenvalue weighted by Gasteiger charge is -2.12. The van der Waals surface area contributed by atoms with Crippen molar-refractivity contribution in [2.75, 3.05) is 5.32 Å². The van der Waals surface area contributed by atoms with Gasteiger partial charge in [-0.15, -0.1) is 0 Å². The third kappa shape index (κ3) is 4.11. The Hall–Kier alpha value is -1.27. The second kappa shape index (κ2) is 6.23. The summed E-state index contributed by atoms with van der Waals surface area (Å²) in [5, 5.41) is 3.28. The van der Waals surface area contributed by atoms with Crippen LogP contribution in [0.25, 0.3) is 0 Å². The number of benzene rings is 2. The van der Waals surface area contributed by atoms with Crippen LogP contribution in [0, 0.1) is 5.82 Å².